The molecular weight excluding hydrogens is 440 g/mol. The minimum atomic E-state index is -1.16. The second-order valence-electron chi connectivity index (χ2n) is 7.85. The zero-order chi connectivity index (χ0) is 24.6. The van der Waals surface area contributed by atoms with Crippen LogP contribution in [0.4, 0.5) is 11.4 Å². The van der Waals surface area contributed by atoms with Crippen LogP contribution in [0.1, 0.15) is 53.3 Å². The van der Waals surface area contributed by atoms with Crippen LogP contribution in [-0.2, 0) is 9.53 Å². The highest BCUT2D eigenvalue weighted by Gasteiger charge is 2.39. The Morgan fingerprint density at radius 3 is 2.15 bits per heavy atom. The third kappa shape index (κ3) is 4.06. The number of rotatable bonds is 5. The van der Waals surface area contributed by atoms with E-state index in [0.717, 1.165) is 17.2 Å². The van der Waals surface area contributed by atoms with E-state index >= 15 is 0 Å². The Morgan fingerprint density at radius 1 is 0.912 bits per heavy atom. The lowest BCUT2D eigenvalue weighted by Crippen LogP contribution is -2.25. The first-order chi connectivity index (χ1) is 16.2. The molecule has 0 aliphatic heterocycles. The summed E-state index contributed by atoms with van der Waals surface area (Å²) in [6, 6.07) is 13.6. The molecule has 0 spiro atoms. The summed E-state index contributed by atoms with van der Waals surface area (Å²) in [6.07, 6.45) is 0. The van der Waals surface area contributed by atoms with Gasteiger partial charge in [-0.25, -0.2) is 4.79 Å². The van der Waals surface area contributed by atoms with Crippen molar-refractivity contribution in [2.45, 2.75) is 13.8 Å². The normalized spacial score (nSPS) is 11.9. The van der Waals surface area contributed by atoms with Gasteiger partial charge in [0.25, 0.3) is 11.6 Å². The van der Waals surface area contributed by atoms with Gasteiger partial charge in [0.1, 0.15) is 11.1 Å². The van der Waals surface area contributed by atoms with E-state index in [2.05, 4.69) is 5.32 Å². The molecule has 4 rings (SSSR count). The summed E-state index contributed by atoms with van der Waals surface area (Å²) < 4.78 is 4.98. The SMILES string of the molecule is Cc1cc(C)cc(NC(=O)COC(=O)c2ccc3c(c2[N+](=O)[O-])C(=O)c2ccccc2C3=O)c1. The van der Waals surface area contributed by atoms with E-state index in [1.165, 1.54) is 24.3 Å². The number of carbonyl (C=O) groups excluding carboxylic acids is 4. The van der Waals surface area contributed by atoms with Gasteiger partial charge < -0.3 is 10.1 Å². The molecule has 1 amide bonds. The van der Waals surface area contributed by atoms with E-state index in [1.54, 1.807) is 18.2 Å². The number of ketones is 2. The number of nitrogens with one attached hydrogen (secondary N) is 1. The number of benzene rings is 3. The molecular formula is C25H18N2O7. The van der Waals surface area contributed by atoms with Crippen molar-refractivity contribution in [3.8, 4) is 0 Å². The predicted octanol–water partition coefficient (Wildman–Crippen LogP) is 3.78. The second-order valence-corrected chi connectivity index (χ2v) is 7.85. The van der Waals surface area contributed by atoms with Crippen LogP contribution in [-0.4, -0.2) is 35.0 Å². The molecule has 0 fully saturated rings. The van der Waals surface area contributed by atoms with Gasteiger partial charge in [-0.15, -0.1) is 0 Å². The molecule has 0 saturated carbocycles. The molecule has 0 bridgehead atoms. The van der Waals surface area contributed by atoms with Crippen LogP contribution in [0.2, 0.25) is 0 Å². The fraction of sp³-hybridized carbons (Fsp3) is 0.120. The first-order valence-corrected chi connectivity index (χ1v) is 10.2. The standard InChI is InChI=1S/C25H18N2O7/c1-13-9-14(2)11-15(10-13)26-20(28)12-34-25(31)19-8-7-18-21(22(19)27(32)33)24(30)17-6-4-3-5-16(17)23(18)29/h3-11H,12H2,1-2H3,(H,26,28). The van der Waals surface area contributed by atoms with E-state index in [-0.39, 0.29) is 16.7 Å². The van der Waals surface area contributed by atoms with Crippen molar-refractivity contribution in [3.63, 3.8) is 0 Å². The van der Waals surface area contributed by atoms with E-state index < -0.39 is 51.8 Å². The summed E-state index contributed by atoms with van der Waals surface area (Å²) in [5, 5.41) is 14.5. The Balaban J connectivity index is 1.60. The Hall–Kier alpha value is -4.66. The topological polar surface area (TPSA) is 133 Å². The minimum Gasteiger partial charge on any atom is -0.452 e. The number of hydrogen-bond donors (Lipinski definition) is 1. The molecule has 9 heteroatoms. The average Bonchev–Trinajstić information content (AvgIpc) is 2.79. The zero-order valence-electron chi connectivity index (χ0n) is 18.2. The summed E-state index contributed by atoms with van der Waals surface area (Å²) in [6.45, 7) is 3.03. The van der Waals surface area contributed by atoms with E-state index in [1.807, 2.05) is 19.9 Å². The summed E-state index contributed by atoms with van der Waals surface area (Å²) in [5.74, 6) is -3.09. The number of nitrogens with zero attached hydrogens (tertiary/aromatic N) is 1. The average molecular weight is 458 g/mol. The monoisotopic (exact) mass is 458 g/mol. The van der Waals surface area contributed by atoms with Crippen molar-refractivity contribution in [2.24, 2.45) is 0 Å². The number of carbonyl (C=O) groups is 4. The highest BCUT2D eigenvalue weighted by Crippen LogP contribution is 2.35. The number of nitro groups is 1. The Labute approximate surface area is 193 Å². The van der Waals surface area contributed by atoms with Gasteiger partial charge in [0.05, 0.1) is 4.92 Å². The molecule has 170 valence electrons. The maximum Gasteiger partial charge on any atom is 0.345 e. The lowest BCUT2D eigenvalue weighted by molar-refractivity contribution is -0.385. The molecule has 9 nitrogen and oxygen atoms in total. The van der Waals surface area contributed by atoms with Gasteiger partial charge in [0, 0.05) is 22.4 Å². The molecule has 34 heavy (non-hydrogen) atoms. The van der Waals surface area contributed by atoms with E-state index in [4.69, 9.17) is 4.74 Å². The second kappa shape index (κ2) is 8.70. The van der Waals surface area contributed by atoms with Gasteiger partial charge in [-0.2, -0.15) is 0 Å². The molecule has 0 heterocycles. The fourth-order valence-corrected chi connectivity index (χ4v) is 3.98. The van der Waals surface area contributed by atoms with Crippen molar-refractivity contribution in [2.75, 3.05) is 11.9 Å². The van der Waals surface area contributed by atoms with Crippen LogP contribution >= 0.6 is 0 Å². The summed E-state index contributed by atoms with van der Waals surface area (Å²) in [4.78, 5) is 61.7. The van der Waals surface area contributed by atoms with Gasteiger partial charge in [-0.3, -0.25) is 24.5 Å². The molecule has 0 radical (unpaired) electrons. The van der Waals surface area contributed by atoms with Gasteiger partial charge in [0.2, 0.25) is 5.78 Å². The fourth-order valence-electron chi connectivity index (χ4n) is 3.98. The van der Waals surface area contributed by atoms with E-state index in [0.29, 0.717) is 5.69 Å². The van der Waals surface area contributed by atoms with Gasteiger partial charge in [-0.1, -0.05) is 30.3 Å². The Bertz CT molecular complexity index is 1390. The van der Waals surface area contributed by atoms with Crippen LogP contribution < -0.4 is 5.32 Å². The van der Waals surface area contributed by atoms with E-state index in [9.17, 15) is 29.3 Å². The number of anilines is 1. The van der Waals surface area contributed by atoms with Crippen LogP contribution in [0, 0.1) is 24.0 Å². The highest BCUT2D eigenvalue weighted by atomic mass is 16.6. The van der Waals surface area contributed by atoms with Gasteiger partial charge in [0.15, 0.2) is 12.4 Å². The Kier molecular flexibility index (Phi) is 5.77. The molecule has 0 unspecified atom stereocenters. The summed E-state index contributed by atoms with van der Waals surface area (Å²) >= 11 is 0. The van der Waals surface area contributed by atoms with Crippen molar-refractivity contribution in [1.82, 2.24) is 0 Å². The lowest BCUT2D eigenvalue weighted by Gasteiger charge is -2.18. The smallest absolute Gasteiger partial charge is 0.345 e. The number of esters is 1. The molecule has 0 atom stereocenters. The van der Waals surface area contributed by atoms with Crippen molar-refractivity contribution >= 4 is 34.8 Å². The van der Waals surface area contributed by atoms with Crippen molar-refractivity contribution in [1.29, 1.82) is 0 Å². The number of amides is 1. The lowest BCUT2D eigenvalue weighted by atomic mass is 9.82. The molecule has 1 N–H and O–H groups in total. The molecule has 3 aromatic carbocycles. The summed E-state index contributed by atoms with van der Waals surface area (Å²) in [7, 11) is 0. The Morgan fingerprint density at radius 2 is 1.53 bits per heavy atom. The molecule has 1 aliphatic rings. The predicted molar refractivity (Wildman–Crippen MR) is 121 cm³/mol. The number of aryl methyl sites for hydroxylation is 2. The number of hydrogen-bond acceptors (Lipinski definition) is 7. The highest BCUT2D eigenvalue weighted by molar-refractivity contribution is 6.30. The molecule has 0 aromatic heterocycles. The number of fused-ring (bicyclic) bond motifs is 2. The molecule has 3 aromatic rings. The maximum atomic E-state index is 13.0. The first-order valence-electron chi connectivity index (χ1n) is 10.2. The third-order valence-electron chi connectivity index (χ3n) is 5.31. The zero-order valence-corrected chi connectivity index (χ0v) is 18.2. The van der Waals surface area contributed by atoms with Crippen LogP contribution in [0.5, 0.6) is 0 Å². The molecule has 1 aliphatic carbocycles. The minimum absolute atomic E-state index is 0.0152. The quantitative estimate of drug-likeness (QED) is 0.273. The van der Waals surface area contributed by atoms with Gasteiger partial charge in [-0.05, 0) is 49.2 Å². The van der Waals surface area contributed by atoms with Crippen LogP contribution in [0.25, 0.3) is 0 Å². The third-order valence-corrected chi connectivity index (χ3v) is 5.31. The number of ether oxygens (including phenoxy) is 1. The summed E-state index contributed by atoms with van der Waals surface area (Å²) in [5.41, 5.74) is 0.529. The first kappa shape index (κ1) is 22.5. The molecule has 0 saturated heterocycles. The maximum absolute atomic E-state index is 13.0. The van der Waals surface area contributed by atoms with Crippen LogP contribution in [0.15, 0.2) is 54.6 Å². The van der Waals surface area contributed by atoms with Crippen molar-refractivity contribution < 1.29 is 28.8 Å². The number of nitro benzene ring substituents is 1. The van der Waals surface area contributed by atoms with Crippen LogP contribution in [0.3, 0.4) is 0 Å². The van der Waals surface area contributed by atoms with Gasteiger partial charge >= 0.3 is 5.97 Å². The largest absolute Gasteiger partial charge is 0.452 e. The van der Waals surface area contributed by atoms with Crippen molar-refractivity contribution in [3.05, 3.63) is 104 Å².